The molecule has 2 rings (SSSR count). The average Bonchev–Trinajstić information content (AvgIpc) is 2.86. The summed E-state index contributed by atoms with van der Waals surface area (Å²) in [6, 6.07) is 9.25. The summed E-state index contributed by atoms with van der Waals surface area (Å²) in [5, 5.41) is 12.0. The summed E-state index contributed by atoms with van der Waals surface area (Å²) in [5.41, 5.74) is 3.27. The molecule has 0 aliphatic carbocycles. The van der Waals surface area contributed by atoms with Crippen molar-refractivity contribution in [3.8, 4) is 0 Å². The molecule has 0 bridgehead atoms. The van der Waals surface area contributed by atoms with Crippen LogP contribution in [0.1, 0.15) is 21.9 Å². The third kappa shape index (κ3) is 3.12. The SMILES string of the molecule is Cc1cc(N(C)C)ccc1NCc1ccc(C(=O)O)o1. The van der Waals surface area contributed by atoms with Crippen LogP contribution in [-0.2, 0) is 6.54 Å². The third-order valence-electron chi connectivity index (χ3n) is 3.05. The van der Waals surface area contributed by atoms with E-state index in [1.807, 2.05) is 38.1 Å². The van der Waals surface area contributed by atoms with E-state index >= 15 is 0 Å². The number of nitrogens with zero attached hydrogens (tertiary/aromatic N) is 1. The summed E-state index contributed by atoms with van der Waals surface area (Å²) in [5.74, 6) is -0.497. The molecule has 5 nitrogen and oxygen atoms in total. The van der Waals surface area contributed by atoms with Crippen LogP contribution in [0.5, 0.6) is 0 Å². The normalized spacial score (nSPS) is 10.3. The Morgan fingerprint density at radius 2 is 2.05 bits per heavy atom. The summed E-state index contributed by atoms with van der Waals surface area (Å²) >= 11 is 0. The van der Waals surface area contributed by atoms with E-state index in [0.29, 0.717) is 12.3 Å². The summed E-state index contributed by atoms with van der Waals surface area (Å²) in [6.07, 6.45) is 0. The van der Waals surface area contributed by atoms with Gasteiger partial charge in [-0.3, -0.25) is 0 Å². The number of hydrogen-bond donors (Lipinski definition) is 2. The van der Waals surface area contributed by atoms with Crippen LogP contribution in [0.3, 0.4) is 0 Å². The van der Waals surface area contributed by atoms with Crippen LogP contribution < -0.4 is 10.2 Å². The first-order valence-electron chi connectivity index (χ1n) is 6.31. The monoisotopic (exact) mass is 274 g/mol. The van der Waals surface area contributed by atoms with Crippen molar-refractivity contribution < 1.29 is 14.3 Å². The molecule has 20 heavy (non-hydrogen) atoms. The molecule has 1 aromatic carbocycles. The van der Waals surface area contributed by atoms with Crippen molar-refractivity contribution in [3.05, 3.63) is 47.4 Å². The summed E-state index contributed by atoms with van der Waals surface area (Å²) in [7, 11) is 4.00. The Balaban J connectivity index is 2.05. The summed E-state index contributed by atoms with van der Waals surface area (Å²) in [6.45, 7) is 2.48. The van der Waals surface area contributed by atoms with Gasteiger partial charge in [-0.25, -0.2) is 4.79 Å². The van der Waals surface area contributed by atoms with Crippen molar-refractivity contribution in [2.45, 2.75) is 13.5 Å². The van der Waals surface area contributed by atoms with Gasteiger partial charge in [0.25, 0.3) is 0 Å². The molecule has 0 aliphatic rings. The largest absolute Gasteiger partial charge is 0.475 e. The molecular formula is C15H18N2O3. The lowest BCUT2D eigenvalue weighted by molar-refractivity contribution is 0.0660. The van der Waals surface area contributed by atoms with Crippen molar-refractivity contribution in [2.75, 3.05) is 24.3 Å². The molecule has 2 N–H and O–H groups in total. The summed E-state index contributed by atoms with van der Waals surface area (Å²) < 4.78 is 5.20. The molecule has 0 saturated heterocycles. The van der Waals surface area contributed by atoms with E-state index < -0.39 is 5.97 Å². The predicted molar refractivity (Wildman–Crippen MR) is 78.5 cm³/mol. The zero-order valence-electron chi connectivity index (χ0n) is 11.8. The van der Waals surface area contributed by atoms with Crippen LogP contribution in [0.4, 0.5) is 11.4 Å². The third-order valence-corrected chi connectivity index (χ3v) is 3.05. The molecule has 106 valence electrons. The van der Waals surface area contributed by atoms with Gasteiger partial charge in [0.15, 0.2) is 0 Å². The second kappa shape index (κ2) is 5.69. The molecule has 5 heteroatoms. The predicted octanol–water partition coefficient (Wildman–Crippen LogP) is 2.96. The lowest BCUT2D eigenvalue weighted by Gasteiger charge is -2.15. The van der Waals surface area contributed by atoms with Gasteiger partial charge in [0, 0.05) is 25.5 Å². The highest BCUT2D eigenvalue weighted by Gasteiger charge is 2.09. The standard InChI is InChI=1S/C15H18N2O3/c1-10-8-11(17(2)3)4-6-13(10)16-9-12-5-7-14(20-12)15(18)19/h4-8,16H,9H2,1-3H3,(H,18,19). The lowest BCUT2D eigenvalue weighted by atomic mass is 10.1. The fraction of sp³-hybridized carbons (Fsp3) is 0.267. The van der Waals surface area contributed by atoms with Crippen molar-refractivity contribution in [1.82, 2.24) is 0 Å². The highest BCUT2D eigenvalue weighted by atomic mass is 16.4. The van der Waals surface area contributed by atoms with Gasteiger partial charge in [-0.15, -0.1) is 0 Å². The van der Waals surface area contributed by atoms with Crippen molar-refractivity contribution in [2.24, 2.45) is 0 Å². The number of rotatable bonds is 5. The van der Waals surface area contributed by atoms with Gasteiger partial charge >= 0.3 is 5.97 Å². The van der Waals surface area contributed by atoms with Crippen LogP contribution in [0.15, 0.2) is 34.7 Å². The van der Waals surface area contributed by atoms with E-state index in [1.165, 1.54) is 6.07 Å². The molecule has 1 aromatic heterocycles. The molecule has 0 radical (unpaired) electrons. The Morgan fingerprint density at radius 3 is 2.60 bits per heavy atom. The number of aromatic carboxylic acids is 1. The number of carbonyl (C=O) groups is 1. The maximum absolute atomic E-state index is 10.7. The Morgan fingerprint density at radius 1 is 1.30 bits per heavy atom. The number of benzene rings is 1. The zero-order chi connectivity index (χ0) is 14.7. The van der Waals surface area contributed by atoms with E-state index in [9.17, 15) is 4.79 Å². The minimum atomic E-state index is -1.05. The number of carboxylic acid groups (broad SMARTS) is 1. The minimum Gasteiger partial charge on any atom is -0.475 e. The van der Waals surface area contributed by atoms with Gasteiger partial charge in [0.05, 0.1) is 6.54 Å². The Kier molecular flexibility index (Phi) is 3.98. The fourth-order valence-electron chi connectivity index (χ4n) is 1.89. The van der Waals surface area contributed by atoms with E-state index in [4.69, 9.17) is 9.52 Å². The van der Waals surface area contributed by atoms with Gasteiger partial charge < -0.3 is 19.7 Å². The molecule has 0 fully saturated rings. The van der Waals surface area contributed by atoms with E-state index in [0.717, 1.165) is 16.9 Å². The Labute approximate surface area is 117 Å². The molecule has 1 heterocycles. The number of furan rings is 1. The Bertz CT molecular complexity index is 617. The molecular weight excluding hydrogens is 256 g/mol. The molecule has 0 aliphatic heterocycles. The first-order valence-corrected chi connectivity index (χ1v) is 6.31. The molecule has 0 spiro atoms. The van der Waals surface area contributed by atoms with Gasteiger partial charge in [-0.1, -0.05) is 0 Å². The van der Waals surface area contributed by atoms with E-state index in [1.54, 1.807) is 6.07 Å². The van der Waals surface area contributed by atoms with E-state index in [-0.39, 0.29) is 5.76 Å². The van der Waals surface area contributed by atoms with Crippen LogP contribution in [0, 0.1) is 6.92 Å². The summed E-state index contributed by atoms with van der Waals surface area (Å²) in [4.78, 5) is 12.8. The van der Waals surface area contributed by atoms with Crippen molar-refractivity contribution in [1.29, 1.82) is 0 Å². The van der Waals surface area contributed by atoms with Gasteiger partial charge in [-0.2, -0.15) is 0 Å². The van der Waals surface area contributed by atoms with E-state index in [2.05, 4.69) is 11.4 Å². The van der Waals surface area contributed by atoms with Gasteiger partial charge in [-0.05, 0) is 42.8 Å². The highest BCUT2D eigenvalue weighted by Crippen LogP contribution is 2.22. The van der Waals surface area contributed by atoms with Gasteiger partial charge in [0.2, 0.25) is 5.76 Å². The van der Waals surface area contributed by atoms with Crippen LogP contribution in [0.25, 0.3) is 0 Å². The molecule has 0 saturated carbocycles. The second-order valence-corrected chi connectivity index (χ2v) is 4.82. The number of hydrogen-bond acceptors (Lipinski definition) is 4. The lowest BCUT2D eigenvalue weighted by Crippen LogP contribution is -2.09. The first kappa shape index (κ1) is 14.0. The zero-order valence-corrected chi connectivity index (χ0v) is 11.8. The van der Waals surface area contributed by atoms with Crippen LogP contribution in [0.2, 0.25) is 0 Å². The number of carboxylic acids is 1. The number of nitrogens with one attached hydrogen (secondary N) is 1. The average molecular weight is 274 g/mol. The molecule has 0 amide bonds. The fourth-order valence-corrected chi connectivity index (χ4v) is 1.89. The maximum Gasteiger partial charge on any atom is 0.371 e. The molecule has 0 unspecified atom stereocenters. The number of aryl methyl sites for hydroxylation is 1. The topological polar surface area (TPSA) is 65.7 Å². The minimum absolute atomic E-state index is 0.0403. The van der Waals surface area contributed by atoms with Crippen LogP contribution >= 0.6 is 0 Å². The highest BCUT2D eigenvalue weighted by molar-refractivity contribution is 5.84. The van der Waals surface area contributed by atoms with Gasteiger partial charge in [0.1, 0.15) is 5.76 Å². The first-order chi connectivity index (χ1) is 9.47. The molecule has 0 atom stereocenters. The maximum atomic E-state index is 10.7. The second-order valence-electron chi connectivity index (χ2n) is 4.82. The Hall–Kier alpha value is -2.43. The molecule has 2 aromatic rings. The smallest absolute Gasteiger partial charge is 0.371 e. The van der Waals surface area contributed by atoms with Crippen molar-refractivity contribution >= 4 is 17.3 Å². The van der Waals surface area contributed by atoms with Crippen molar-refractivity contribution in [3.63, 3.8) is 0 Å². The quantitative estimate of drug-likeness (QED) is 0.877. The van der Waals surface area contributed by atoms with Crippen LogP contribution in [-0.4, -0.2) is 25.2 Å². The number of anilines is 2.